The predicted molar refractivity (Wildman–Crippen MR) is 82.6 cm³/mol. The predicted octanol–water partition coefficient (Wildman–Crippen LogP) is 4.42. The summed E-state index contributed by atoms with van der Waals surface area (Å²) >= 11 is 12.3. The van der Waals surface area contributed by atoms with Gasteiger partial charge in [-0.15, -0.1) is 11.6 Å². The van der Waals surface area contributed by atoms with Gasteiger partial charge >= 0.3 is 0 Å². The second-order valence-corrected chi connectivity index (χ2v) is 6.48. The number of nitrogens with zero attached hydrogens (tertiary/aromatic N) is 2. The van der Waals surface area contributed by atoms with Gasteiger partial charge in [0.2, 0.25) is 0 Å². The SMILES string of the molecule is CC(Cl)c1nc2ccc(Cl)cc2n1CCOCC1CC1. The molecule has 1 heterocycles. The summed E-state index contributed by atoms with van der Waals surface area (Å²) in [7, 11) is 0. The number of aromatic nitrogens is 2. The van der Waals surface area contributed by atoms with E-state index in [0.29, 0.717) is 11.6 Å². The van der Waals surface area contributed by atoms with Crippen LogP contribution in [0.3, 0.4) is 0 Å². The summed E-state index contributed by atoms with van der Waals surface area (Å²) in [5.74, 6) is 1.66. The minimum absolute atomic E-state index is 0.135. The van der Waals surface area contributed by atoms with Gasteiger partial charge < -0.3 is 9.30 Å². The van der Waals surface area contributed by atoms with Crippen molar-refractivity contribution in [2.75, 3.05) is 13.2 Å². The van der Waals surface area contributed by atoms with E-state index >= 15 is 0 Å². The van der Waals surface area contributed by atoms with Crippen LogP contribution in [-0.2, 0) is 11.3 Å². The Morgan fingerprint density at radius 1 is 1.45 bits per heavy atom. The van der Waals surface area contributed by atoms with Crippen molar-refractivity contribution in [3.8, 4) is 0 Å². The zero-order valence-electron chi connectivity index (χ0n) is 11.5. The van der Waals surface area contributed by atoms with E-state index in [9.17, 15) is 0 Å². The minimum Gasteiger partial charge on any atom is -0.379 e. The second-order valence-electron chi connectivity index (χ2n) is 5.39. The number of fused-ring (bicyclic) bond motifs is 1. The van der Waals surface area contributed by atoms with Crippen LogP contribution in [0, 0.1) is 5.92 Å². The summed E-state index contributed by atoms with van der Waals surface area (Å²) in [6, 6.07) is 5.73. The van der Waals surface area contributed by atoms with Gasteiger partial charge in [0.25, 0.3) is 0 Å². The van der Waals surface area contributed by atoms with Gasteiger partial charge in [0.05, 0.1) is 23.0 Å². The lowest BCUT2D eigenvalue weighted by Crippen LogP contribution is -2.11. The first-order chi connectivity index (χ1) is 9.65. The van der Waals surface area contributed by atoms with Gasteiger partial charge in [-0.2, -0.15) is 0 Å². The first-order valence-electron chi connectivity index (χ1n) is 7.02. The molecule has 3 rings (SSSR count). The third kappa shape index (κ3) is 3.11. The third-order valence-electron chi connectivity index (χ3n) is 3.61. The molecule has 1 aliphatic carbocycles. The molecule has 1 saturated carbocycles. The molecule has 108 valence electrons. The zero-order valence-corrected chi connectivity index (χ0v) is 13.0. The van der Waals surface area contributed by atoms with Crippen molar-refractivity contribution in [3.05, 3.63) is 29.0 Å². The Labute approximate surface area is 128 Å². The molecule has 0 aliphatic heterocycles. The van der Waals surface area contributed by atoms with Crippen molar-refractivity contribution in [1.29, 1.82) is 0 Å². The molecule has 3 nitrogen and oxygen atoms in total. The fourth-order valence-electron chi connectivity index (χ4n) is 2.34. The number of alkyl halides is 1. The first kappa shape index (κ1) is 14.2. The topological polar surface area (TPSA) is 27.1 Å². The van der Waals surface area contributed by atoms with E-state index < -0.39 is 0 Å². The van der Waals surface area contributed by atoms with Gasteiger partial charge in [0.15, 0.2) is 0 Å². The highest BCUT2D eigenvalue weighted by atomic mass is 35.5. The fourth-order valence-corrected chi connectivity index (χ4v) is 2.68. The van der Waals surface area contributed by atoms with Crippen LogP contribution in [0.1, 0.15) is 31.0 Å². The molecule has 0 amide bonds. The summed E-state index contributed by atoms with van der Waals surface area (Å²) < 4.78 is 7.84. The molecule has 0 saturated heterocycles. The molecule has 1 aromatic heterocycles. The summed E-state index contributed by atoms with van der Waals surface area (Å²) in [6.07, 6.45) is 2.63. The molecule has 20 heavy (non-hydrogen) atoms. The highest BCUT2D eigenvalue weighted by Crippen LogP contribution is 2.29. The highest BCUT2D eigenvalue weighted by Gasteiger charge is 2.21. The van der Waals surface area contributed by atoms with Crippen molar-refractivity contribution >= 4 is 34.2 Å². The maximum atomic E-state index is 6.24. The van der Waals surface area contributed by atoms with Gasteiger partial charge in [-0.05, 0) is 43.9 Å². The smallest absolute Gasteiger partial charge is 0.127 e. The number of ether oxygens (including phenoxy) is 1. The van der Waals surface area contributed by atoms with E-state index in [4.69, 9.17) is 27.9 Å². The van der Waals surface area contributed by atoms with Crippen LogP contribution in [0.2, 0.25) is 5.02 Å². The number of hydrogen-bond donors (Lipinski definition) is 0. The summed E-state index contributed by atoms with van der Waals surface area (Å²) in [6.45, 7) is 4.26. The Morgan fingerprint density at radius 3 is 2.95 bits per heavy atom. The van der Waals surface area contributed by atoms with Gasteiger partial charge in [0.1, 0.15) is 5.82 Å². The standard InChI is InChI=1S/C15H18Cl2N2O/c1-10(16)15-18-13-5-4-12(17)8-14(13)19(15)6-7-20-9-11-2-3-11/h4-5,8,10-11H,2-3,6-7,9H2,1H3. The molecule has 0 spiro atoms. The van der Waals surface area contributed by atoms with E-state index in [2.05, 4.69) is 9.55 Å². The summed E-state index contributed by atoms with van der Waals surface area (Å²) in [5.41, 5.74) is 1.95. The van der Waals surface area contributed by atoms with Gasteiger partial charge in [0, 0.05) is 18.2 Å². The summed E-state index contributed by atoms with van der Waals surface area (Å²) in [5, 5.41) is 0.580. The Hall–Kier alpha value is -0.770. The number of imidazole rings is 1. The molecular weight excluding hydrogens is 295 g/mol. The average Bonchev–Trinajstić information content (AvgIpc) is 3.16. The Bertz CT molecular complexity index is 605. The van der Waals surface area contributed by atoms with Crippen molar-refractivity contribution in [1.82, 2.24) is 9.55 Å². The molecule has 1 fully saturated rings. The van der Waals surface area contributed by atoms with Gasteiger partial charge in [-0.25, -0.2) is 4.98 Å². The average molecular weight is 313 g/mol. The van der Waals surface area contributed by atoms with Crippen molar-refractivity contribution in [3.63, 3.8) is 0 Å². The second kappa shape index (κ2) is 5.92. The van der Waals surface area contributed by atoms with E-state index in [1.807, 2.05) is 25.1 Å². The van der Waals surface area contributed by atoms with Crippen LogP contribution < -0.4 is 0 Å². The Kier molecular flexibility index (Phi) is 4.20. The Morgan fingerprint density at radius 2 is 2.25 bits per heavy atom. The Balaban J connectivity index is 1.81. The third-order valence-corrected chi connectivity index (χ3v) is 4.04. The molecule has 5 heteroatoms. The number of hydrogen-bond acceptors (Lipinski definition) is 2. The van der Waals surface area contributed by atoms with Crippen LogP contribution in [0.4, 0.5) is 0 Å². The van der Waals surface area contributed by atoms with E-state index in [1.54, 1.807) is 0 Å². The molecule has 0 bridgehead atoms. The van der Waals surface area contributed by atoms with Crippen molar-refractivity contribution in [2.24, 2.45) is 5.92 Å². The lowest BCUT2D eigenvalue weighted by atomic mass is 10.3. The molecule has 0 radical (unpaired) electrons. The molecule has 1 atom stereocenters. The van der Waals surface area contributed by atoms with Crippen molar-refractivity contribution in [2.45, 2.75) is 31.7 Å². The lowest BCUT2D eigenvalue weighted by Gasteiger charge is -2.11. The summed E-state index contributed by atoms with van der Waals surface area (Å²) in [4.78, 5) is 4.60. The largest absolute Gasteiger partial charge is 0.379 e. The normalized spacial score (nSPS) is 16.8. The molecule has 2 aromatic rings. The van der Waals surface area contributed by atoms with Crippen LogP contribution >= 0.6 is 23.2 Å². The molecule has 1 aromatic carbocycles. The first-order valence-corrected chi connectivity index (χ1v) is 7.84. The lowest BCUT2D eigenvalue weighted by molar-refractivity contribution is 0.117. The minimum atomic E-state index is -0.135. The molecule has 0 N–H and O–H groups in total. The zero-order chi connectivity index (χ0) is 14.1. The van der Waals surface area contributed by atoms with Crippen molar-refractivity contribution < 1.29 is 4.74 Å². The van der Waals surface area contributed by atoms with Crippen LogP contribution in [0.15, 0.2) is 18.2 Å². The molecule has 1 unspecified atom stereocenters. The van der Waals surface area contributed by atoms with Crippen LogP contribution in [0.5, 0.6) is 0 Å². The fraction of sp³-hybridized carbons (Fsp3) is 0.533. The number of rotatable bonds is 6. The number of benzene rings is 1. The highest BCUT2D eigenvalue weighted by molar-refractivity contribution is 6.31. The van der Waals surface area contributed by atoms with Crippen LogP contribution in [0.25, 0.3) is 11.0 Å². The number of halogens is 2. The van der Waals surface area contributed by atoms with Gasteiger partial charge in [-0.1, -0.05) is 11.6 Å². The maximum absolute atomic E-state index is 6.24. The maximum Gasteiger partial charge on any atom is 0.127 e. The van der Waals surface area contributed by atoms with Crippen LogP contribution in [-0.4, -0.2) is 22.8 Å². The van der Waals surface area contributed by atoms with Gasteiger partial charge in [-0.3, -0.25) is 0 Å². The quantitative estimate of drug-likeness (QED) is 0.583. The van der Waals surface area contributed by atoms with E-state index in [1.165, 1.54) is 12.8 Å². The van der Waals surface area contributed by atoms with E-state index in [-0.39, 0.29) is 5.38 Å². The molecular formula is C15H18Cl2N2O. The molecule has 1 aliphatic rings. The van der Waals surface area contributed by atoms with E-state index in [0.717, 1.165) is 35.9 Å². The monoisotopic (exact) mass is 312 g/mol.